The van der Waals surface area contributed by atoms with Gasteiger partial charge in [0.2, 0.25) is 0 Å². The first-order valence-electron chi connectivity index (χ1n) is 25.3. The van der Waals surface area contributed by atoms with Crippen molar-refractivity contribution in [2.75, 3.05) is 48.6 Å². The molecule has 1 aliphatic heterocycles. The van der Waals surface area contributed by atoms with E-state index >= 15 is 0 Å². The summed E-state index contributed by atoms with van der Waals surface area (Å²) < 4.78 is 81.4. The van der Waals surface area contributed by atoms with Crippen molar-refractivity contribution in [3.8, 4) is 0 Å². The largest absolute Gasteiger partial charge is 0.394 e. The van der Waals surface area contributed by atoms with Gasteiger partial charge in [0.15, 0.2) is 73.3 Å². The molecule has 11 rings (SSSR count). The number of aromatic nitrogens is 10. The zero-order valence-corrected chi connectivity index (χ0v) is 43.2. The Bertz CT molecular complexity index is 2980. The third-order valence-electron chi connectivity index (χ3n) is 13.9. The van der Waals surface area contributed by atoms with Gasteiger partial charge in [0.05, 0.1) is 50.7 Å². The van der Waals surface area contributed by atoms with Gasteiger partial charge < -0.3 is 50.0 Å². The fourth-order valence-electron chi connectivity index (χ4n) is 10.2. The first kappa shape index (κ1) is 53.5. The number of ether oxygens (including phenoxy) is 4. The summed E-state index contributed by atoms with van der Waals surface area (Å²) in [7, 11) is 0. The summed E-state index contributed by atoms with van der Waals surface area (Å²) in [6, 6.07) is 7.06. The maximum Gasteiger partial charge on any atom is 0.191 e. The van der Waals surface area contributed by atoms with E-state index in [-0.39, 0.29) is 81.1 Å². The van der Waals surface area contributed by atoms with Crippen LogP contribution in [0.15, 0.2) is 46.7 Å². The Morgan fingerprint density at radius 2 is 1.12 bits per heavy atom. The lowest BCUT2D eigenvalue weighted by atomic mass is 10.1. The first-order chi connectivity index (χ1) is 36.2. The van der Waals surface area contributed by atoms with Crippen molar-refractivity contribution in [2.24, 2.45) is 0 Å². The molecule has 404 valence electrons. The monoisotopic (exact) mass is 1080 g/mol. The van der Waals surface area contributed by atoms with Crippen LogP contribution in [0.2, 0.25) is 0 Å². The molecule has 4 unspecified atom stereocenters. The van der Waals surface area contributed by atoms with Gasteiger partial charge >= 0.3 is 0 Å². The van der Waals surface area contributed by atoms with Gasteiger partial charge in [-0.1, -0.05) is 59.9 Å². The molecule has 1 saturated heterocycles. The Morgan fingerprint density at radius 1 is 0.640 bits per heavy atom. The van der Waals surface area contributed by atoms with Crippen molar-refractivity contribution in [1.82, 2.24) is 49.9 Å². The number of aliphatic hydroxyl groups excluding tert-OH is 4. The van der Waals surface area contributed by atoms with E-state index in [1.54, 1.807) is 28.6 Å². The lowest BCUT2D eigenvalue weighted by Crippen LogP contribution is -2.33. The number of rotatable bonds is 20. The predicted molar refractivity (Wildman–Crippen MR) is 267 cm³/mol. The molecule has 20 nitrogen and oxygen atoms in total. The van der Waals surface area contributed by atoms with E-state index in [2.05, 4.69) is 55.1 Å². The molecule has 2 aromatic carbocycles. The number of nitrogens with zero attached hydrogens (tertiary/aromatic N) is 10. The van der Waals surface area contributed by atoms with Gasteiger partial charge in [0.25, 0.3) is 0 Å². The number of aliphatic hydroxyl groups is 4. The van der Waals surface area contributed by atoms with Crippen LogP contribution in [0.5, 0.6) is 0 Å². The molecule has 6 N–H and O–H groups in total. The normalized spacial score (nSPS) is 28.4. The molecule has 5 heterocycles. The molecule has 26 heteroatoms. The minimum Gasteiger partial charge on any atom is -0.394 e. The Labute approximate surface area is 437 Å². The maximum atomic E-state index is 13.8. The van der Waals surface area contributed by atoms with Gasteiger partial charge in [-0.15, -0.1) is 10.2 Å². The lowest BCUT2D eigenvalue weighted by molar-refractivity contribution is -0.171. The van der Waals surface area contributed by atoms with E-state index in [1.807, 2.05) is 13.8 Å². The van der Waals surface area contributed by atoms with E-state index in [0.29, 0.717) is 56.3 Å². The van der Waals surface area contributed by atoms with Crippen molar-refractivity contribution in [3.05, 3.63) is 70.8 Å². The van der Waals surface area contributed by atoms with E-state index in [9.17, 15) is 32.9 Å². The number of hydrogen-bond donors (Lipinski definition) is 6. The predicted octanol–water partition coefficient (Wildman–Crippen LogP) is 5.83. The molecule has 4 saturated carbocycles. The third kappa shape index (κ3) is 11.4. The van der Waals surface area contributed by atoms with E-state index in [4.69, 9.17) is 34.0 Å². The number of hydrogen-bond acceptors (Lipinski definition) is 20. The summed E-state index contributed by atoms with van der Waals surface area (Å²) in [6.45, 7) is 7.87. The number of nitrogens with one attached hydrogen (secondary N) is 2. The second-order valence-corrected chi connectivity index (χ2v) is 21.9. The molecule has 0 amide bonds. The van der Waals surface area contributed by atoms with Gasteiger partial charge in [0, 0.05) is 48.3 Å². The minimum absolute atomic E-state index is 0.00150. The molecular weight excluding hydrogens is 1020 g/mol. The van der Waals surface area contributed by atoms with E-state index in [0.717, 1.165) is 54.9 Å². The lowest BCUT2D eigenvalue weighted by Gasteiger charge is -2.23. The quantitative estimate of drug-likeness (QED) is 0.0299. The average molecular weight is 1090 g/mol. The van der Waals surface area contributed by atoms with Crippen LogP contribution in [0.25, 0.3) is 22.3 Å². The highest BCUT2D eigenvalue weighted by molar-refractivity contribution is 7.99. The minimum atomic E-state index is -1.15. The van der Waals surface area contributed by atoms with Crippen LogP contribution in [0.3, 0.4) is 0 Å². The highest BCUT2D eigenvalue weighted by atomic mass is 32.2. The molecule has 0 radical (unpaired) electrons. The molecule has 0 spiro atoms. The second kappa shape index (κ2) is 22.6. The van der Waals surface area contributed by atoms with Crippen LogP contribution < -0.4 is 10.6 Å². The van der Waals surface area contributed by atoms with Crippen LogP contribution in [0.4, 0.5) is 29.2 Å². The Morgan fingerprint density at radius 3 is 1.61 bits per heavy atom. The molecule has 6 aromatic rings. The molecule has 0 bridgehead atoms. The maximum absolute atomic E-state index is 13.8. The van der Waals surface area contributed by atoms with Crippen molar-refractivity contribution in [1.29, 1.82) is 0 Å². The molecule has 4 aliphatic carbocycles. The molecule has 5 fully saturated rings. The number of fused-ring (bicyclic) bond motifs is 3. The molecule has 12 atom stereocenters. The van der Waals surface area contributed by atoms with Gasteiger partial charge in [0.1, 0.15) is 24.4 Å². The third-order valence-corrected chi connectivity index (χ3v) is 16.0. The van der Waals surface area contributed by atoms with Crippen molar-refractivity contribution < 1.29 is 56.9 Å². The summed E-state index contributed by atoms with van der Waals surface area (Å²) in [6.07, 6.45) is 0.335. The zero-order chi connectivity index (χ0) is 52.7. The van der Waals surface area contributed by atoms with Gasteiger partial charge in [-0.05, 0) is 74.9 Å². The topological polar surface area (TPSA) is 255 Å². The van der Waals surface area contributed by atoms with E-state index in [1.165, 1.54) is 28.6 Å². The SMILES string of the molecule is CCCSc1nc(NC2C[C@H]2c2ccc(F)c(F)c2)c2nnn([C@@H]3C[C@H](OCCO)[C@@H](O)C3O)c2n1.CCCSc1nc(NC2C[C@H]2c2ccc(F)c(F)c2)c2nnn([C@@H]3C[C@H](OCCO)[C@H]4OC(C)(C)OC34)c2n1. The fraction of sp³-hybridized carbons (Fsp3) is 0.592. The molecule has 75 heavy (non-hydrogen) atoms. The molecule has 4 aromatic heterocycles. The van der Waals surface area contributed by atoms with Crippen LogP contribution in [-0.2, 0) is 18.9 Å². The summed E-state index contributed by atoms with van der Waals surface area (Å²) in [5.74, 6) is -1.50. The van der Waals surface area contributed by atoms with Crippen LogP contribution in [0, 0.1) is 23.3 Å². The van der Waals surface area contributed by atoms with Crippen molar-refractivity contribution in [2.45, 2.75) is 155 Å². The molecular formula is C49H60F4N12O8S2. The summed E-state index contributed by atoms with van der Waals surface area (Å²) in [4.78, 5) is 18.8. The standard InChI is InChI=1S/C26H32F2N6O4S.C23H28F2N6O4S/c1-4-9-39-25-30-23(29-17-11-14(17)13-5-6-15(27)16(28)10-13)20-24(31-25)34(33-32-20)18-12-19(36-8-7-35)22-21(18)37-26(2,3)38-22;1-2-7-36-23-27-21(26-15-9-12(15)11-3-4-13(24)14(25)8-11)18-22(28-23)31(30-29-18)16-10-17(35-6-5-32)20(34)19(16)33/h5-6,10,14,17-19,21-22,35H,4,7-9,11-12H2,1-3H3,(H,29,30,31);3-4,8,12,15-17,19-20,32-34H,2,5-7,9-10H2,1H3,(H,26,27,28)/t14-,17?,18+,19-,21?,22+;12-,15?,16+,17-,19?,20+/m00/s1. The first-order valence-corrected chi connectivity index (χ1v) is 27.3. The molecule has 5 aliphatic rings. The second-order valence-electron chi connectivity index (χ2n) is 19.8. The highest BCUT2D eigenvalue weighted by Gasteiger charge is 2.56. The Hall–Kier alpha value is -4.90. The number of benzene rings is 2. The van der Waals surface area contributed by atoms with Crippen molar-refractivity contribution >= 4 is 57.5 Å². The van der Waals surface area contributed by atoms with Crippen LogP contribution in [0.1, 0.15) is 101 Å². The van der Waals surface area contributed by atoms with Crippen LogP contribution >= 0.6 is 23.5 Å². The Kier molecular flexibility index (Phi) is 16.1. The average Bonchev–Trinajstić information content (AvgIpc) is 4.07. The fourth-order valence-corrected chi connectivity index (χ4v) is 11.5. The number of halogens is 4. The highest BCUT2D eigenvalue weighted by Crippen LogP contribution is 2.48. The number of anilines is 2. The number of thioether (sulfide) groups is 2. The van der Waals surface area contributed by atoms with Crippen LogP contribution in [-0.4, -0.2) is 163 Å². The smallest absolute Gasteiger partial charge is 0.191 e. The van der Waals surface area contributed by atoms with E-state index < -0.39 is 53.4 Å². The Balaban J connectivity index is 0.000000172. The summed E-state index contributed by atoms with van der Waals surface area (Å²) >= 11 is 3.03. The van der Waals surface area contributed by atoms with Gasteiger partial charge in [-0.3, -0.25) is 0 Å². The van der Waals surface area contributed by atoms with Gasteiger partial charge in [-0.25, -0.2) is 46.9 Å². The summed E-state index contributed by atoms with van der Waals surface area (Å²) in [5.41, 5.74) is 3.38. The van der Waals surface area contributed by atoms with Crippen molar-refractivity contribution in [3.63, 3.8) is 0 Å². The zero-order valence-electron chi connectivity index (χ0n) is 41.6. The van der Waals surface area contributed by atoms with Gasteiger partial charge in [-0.2, -0.15) is 0 Å². The summed E-state index contributed by atoms with van der Waals surface area (Å²) in [5, 5.41) is 64.8.